The maximum absolute atomic E-state index is 14.2. The first-order valence-electron chi connectivity index (χ1n) is 29.6. The molecule has 0 amide bonds. The number of alkyl halides is 12. The maximum Gasteiger partial charge on any atom is 0.419 e. The van der Waals surface area contributed by atoms with E-state index in [2.05, 4.69) is 44.1 Å². The summed E-state index contributed by atoms with van der Waals surface area (Å²) in [6, 6.07) is 41.7. The van der Waals surface area contributed by atoms with Gasteiger partial charge in [0.1, 0.15) is 29.1 Å². The van der Waals surface area contributed by atoms with Crippen molar-refractivity contribution in [1.82, 2.24) is 44.1 Å². The Morgan fingerprint density at radius 1 is 0.353 bits per heavy atom. The van der Waals surface area contributed by atoms with E-state index < -0.39 is 88.7 Å². The van der Waals surface area contributed by atoms with Crippen LogP contribution in [0.3, 0.4) is 0 Å². The monoisotopic (exact) mass is 1480 g/mol. The molecule has 528 valence electrons. The fraction of sp³-hybridized carbons (Fsp3) is 0.100. The maximum atomic E-state index is 14.2. The van der Waals surface area contributed by atoms with E-state index in [1.807, 2.05) is 0 Å². The highest BCUT2D eigenvalue weighted by molar-refractivity contribution is 7.90. The average Bonchev–Trinajstić information content (AvgIpc) is 1.49. The van der Waals surface area contributed by atoms with Gasteiger partial charge in [0, 0.05) is 22.3 Å². The van der Waals surface area contributed by atoms with Crippen molar-refractivity contribution in [1.29, 1.82) is 0 Å². The molecule has 0 bridgehead atoms. The Hall–Kier alpha value is -10.6. The topological polar surface area (TPSA) is 225 Å². The number of hydrogen-bond donors (Lipinski definition) is 6. The van der Waals surface area contributed by atoms with Crippen molar-refractivity contribution < 1.29 is 86.7 Å². The van der Waals surface area contributed by atoms with Crippen molar-refractivity contribution >= 4 is 99.6 Å². The minimum atomic E-state index is -4.95. The molecular weight excluding hydrogens is 1420 g/mol. The number of sulfonamides is 3. The summed E-state index contributed by atoms with van der Waals surface area (Å²) >= 11 is 0. The zero-order valence-corrected chi connectivity index (χ0v) is 55.0. The van der Waals surface area contributed by atoms with Crippen LogP contribution in [0, 0.1) is 11.6 Å². The quantitative estimate of drug-likeness (QED) is 0.0536. The van der Waals surface area contributed by atoms with Crippen LogP contribution in [0.1, 0.15) is 56.4 Å². The van der Waals surface area contributed by atoms with Crippen LogP contribution in [0.25, 0.3) is 103 Å². The number of aromatic amines is 3. The Bertz CT molecular complexity index is 5570. The minimum absolute atomic E-state index is 0.0617. The second kappa shape index (κ2) is 29.1. The van der Waals surface area contributed by atoms with Crippen LogP contribution in [0.5, 0.6) is 0 Å². The Kier molecular flexibility index (Phi) is 21.2. The zero-order valence-electron chi connectivity index (χ0n) is 52.6. The summed E-state index contributed by atoms with van der Waals surface area (Å²) in [6.45, 7) is 0. The highest BCUT2D eigenvalue weighted by Gasteiger charge is 2.38. The summed E-state index contributed by atoms with van der Waals surface area (Å²) < 4.78 is 265. The van der Waals surface area contributed by atoms with Gasteiger partial charge in [-0.25, -0.2) is 63.2 Å². The van der Waals surface area contributed by atoms with Gasteiger partial charge in [-0.3, -0.25) is 0 Å². The number of fused-ring (bicyclic) bond motifs is 3. The smallest absolute Gasteiger partial charge is 0.338 e. The second-order valence-corrected chi connectivity index (χ2v) is 27.5. The third kappa shape index (κ3) is 17.0. The molecule has 9 aromatic carbocycles. The van der Waals surface area contributed by atoms with Gasteiger partial charge in [0.25, 0.3) is 0 Å². The highest BCUT2D eigenvalue weighted by atomic mass is 32.2. The Labute approximate surface area is 571 Å². The summed E-state index contributed by atoms with van der Waals surface area (Å²) in [7, 11) is -7.14. The van der Waals surface area contributed by atoms with Gasteiger partial charge >= 0.3 is 24.7 Å². The van der Waals surface area contributed by atoms with Gasteiger partial charge in [-0.1, -0.05) is 103 Å². The molecule has 3 heterocycles. The van der Waals surface area contributed by atoms with Gasteiger partial charge in [-0.2, -0.15) is 52.7 Å². The number of nitrogens with one attached hydrogen (secondary N) is 6. The molecule has 0 saturated heterocycles. The van der Waals surface area contributed by atoms with Crippen molar-refractivity contribution in [2.24, 2.45) is 0 Å². The predicted molar refractivity (Wildman–Crippen MR) is 359 cm³/mol. The molecule has 102 heavy (non-hydrogen) atoms. The van der Waals surface area contributed by atoms with E-state index in [0.29, 0.717) is 96.3 Å². The molecule has 0 saturated carbocycles. The fourth-order valence-electron chi connectivity index (χ4n) is 10.3. The first-order chi connectivity index (χ1) is 48.0. The zero-order chi connectivity index (χ0) is 73.9. The standard InChI is InChI=1S/C24H17F6N3O2S.2C23H17F4N3O2S/c1-31-36(34,35)21-5-3-2-4-18(21)15-7-8-19-20(12-15)33-22(32-19)9-6-14-10-16(23(25,26)27)13-17(11-14)24(28,29)30;1-28-33(31,32)20-8-3-2-6-16(20)15-9-11-18-19(13-15)30-21(29-18)12-10-14-5-4-7-17(22(14)24)23(25,26)27;1-28-33(31,32)21-5-3-2-4-16(21)15-8-10-19-20(13-15)30-22(29-19)11-7-14-6-9-18(24)17(12-14)23(25,26)27/h2-13,31H,1H3,(H,32,33);2*2-13,28H,1H3,(H,29,30)/b9-6+;12-10+;11-7+. The van der Waals surface area contributed by atoms with Crippen LogP contribution >= 0.6 is 0 Å². The number of hydrogen-bond acceptors (Lipinski definition) is 9. The van der Waals surface area contributed by atoms with Crippen LogP contribution in [0.15, 0.2) is 197 Å². The van der Waals surface area contributed by atoms with Crippen molar-refractivity contribution in [3.8, 4) is 33.4 Å². The van der Waals surface area contributed by atoms with E-state index in [-0.39, 0.29) is 43.3 Å². The molecule has 32 heteroatoms. The molecule has 0 aliphatic rings. The van der Waals surface area contributed by atoms with Gasteiger partial charge in [-0.05, 0) is 164 Å². The Balaban J connectivity index is 0.000000165. The largest absolute Gasteiger partial charge is 0.419 e. The SMILES string of the molecule is CNS(=O)(=O)c1ccccc1-c1ccc2nc(/C=C/c3cc(C(F)(F)F)cc(C(F)(F)F)c3)[nH]c2c1.CNS(=O)(=O)c1ccccc1-c1ccc2nc(/C=C/c3ccc(F)c(C(F)(F)F)c3)[nH]c2c1.CNS(=O)(=O)c1ccccc1-c1ccc2nc(/C=C/c3cccc(C(F)(F)F)c3F)[nH]c2c1. The van der Waals surface area contributed by atoms with Crippen LogP contribution in [0.2, 0.25) is 0 Å². The number of H-pyrrole nitrogens is 3. The van der Waals surface area contributed by atoms with Crippen LogP contribution < -0.4 is 14.2 Å². The minimum Gasteiger partial charge on any atom is -0.338 e. The van der Waals surface area contributed by atoms with Crippen LogP contribution in [-0.2, 0) is 54.8 Å². The fourth-order valence-corrected chi connectivity index (χ4v) is 13.2. The van der Waals surface area contributed by atoms with Crippen LogP contribution in [-0.4, -0.2) is 76.3 Å². The van der Waals surface area contributed by atoms with Gasteiger partial charge < -0.3 is 15.0 Å². The lowest BCUT2D eigenvalue weighted by atomic mass is 10.0. The first kappa shape index (κ1) is 74.1. The van der Waals surface area contributed by atoms with E-state index in [4.69, 9.17) is 0 Å². The molecule has 0 radical (unpaired) electrons. The number of nitrogens with zero attached hydrogens (tertiary/aromatic N) is 3. The normalized spacial score (nSPS) is 12.8. The number of imidazole rings is 3. The molecular formula is C70H51F14N9O6S3. The molecule has 15 nitrogen and oxygen atoms in total. The van der Waals surface area contributed by atoms with Gasteiger partial charge in [0.05, 0.1) is 70.0 Å². The molecule has 0 fully saturated rings. The summed E-state index contributed by atoms with van der Waals surface area (Å²) in [5.41, 5.74) is 0.668. The van der Waals surface area contributed by atoms with E-state index in [1.165, 1.54) is 81.9 Å². The average molecular weight is 1480 g/mol. The number of benzene rings is 9. The van der Waals surface area contributed by atoms with Crippen molar-refractivity contribution in [2.75, 3.05) is 21.1 Å². The molecule has 0 aliphatic carbocycles. The summed E-state index contributed by atoms with van der Waals surface area (Å²) in [5, 5.41) is 0. The third-order valence-electron chi connectivity index (χ3n) is 15.3. The lowest BCUT2D eigenvalue weighted by Gasteiger charge is -2.12. The Morgan fingerprint density at radius 2 is 0.716 bits per heavy atom. The molecule has 12 aromatic rings. The highest BCUT2D eigenvalue weighted by Crippen LogP contribution is 2.39. The van der Waals surface area contributed by atoms with E-state index in [0.717, 1.165) is 24.3 Å². The van der Waals surface area contributed by atoms with Gasteiger partial charge in [0.2, 0.25) is 30.1 Å². The molecule has 0 unspecified atom stereocenters. The number of halogens is 14. The molecule has 3 aromatic heterocycles. The summed E-state index contributed by atoms with van der Waals surface area (Å²) in [6.07, 6.45) is -11.7. The van der Waals surface area contributed by atoms with E-state index in [1.54, 1.807) is 109 Å². The van der Waals surface area contributed by atoms with E-state index >= 15 is 0 Å². The lowest BCUT2D eigenvalue weighted by Crippen LogP contribution is -2.19. The molecule has 0 spiro atoms. The van der Waals surface area contributed by atoms with Crippen LogP contribution in [0.4, 0.5) is 61.5 Å². The molecule has 6 N–H and O–H groups in total. The lowest BCUT2D eigenvalue weighted by molar-refractivity contribution is -0.143. The summed E-state index contributed by atoms with van der Waals surface area (Å²) in [4.78, 5) is 22.3. The predicted octanol–water partition coefficient (Wildman–Crippen LogP) is 17.3. The second-order valence-electron chi connectivity index (χ2n) is 22.0. The third-order valence-corrected chi connectivity index (χ3v) is 19.7. The molecule has 0 aliphatic heterocycles. The van der Waals surface area contributed by atoms with Crippen molar-refractivity contribution in [2.45, 2.75) is 39.4 Å². The molecule has 12 rings (SSSR count). The molecule has 0 atom stereocenters. The van der Waals surface area contributed by atoms with E-state index in [9.17, 15) is 86.7 Å². The van der Waals surface area contributed by atoms with Crippen molar-refractivity contribution in [3.05, 3.63) is 250 Å². The number of rotatable bonds is 15. The van der Waals surface area contributed by atoms with Crippen molar-refractivity contribution in [3.63, 3.8) is 0 Å². The van der Waals surface area contributed by atoms with Gasteiger partial charge in [-0.15, -0.1) is 0 Å². The first-order valence-corrected chi connectivity index (χ1v) is 34.1. The van der Waals surface area contributed by atoms with Gasteiger partial charge in [0.15, 0.2) is 0 Å². The Morgan fingerprint density at radius 3 is 1.08 bits per heavy atom. The summed E-state index contributed by atoms with van der Waals surface area (Å²) in [5.74, 6) is -1.84. The number of aromatic nitrogens is 6.